The van der Waals surface area contributed by atoms with Crippen LogP contribution in [0.15, 0.2) is 65.3 Å². The van der Waals surface area contributed by atoms with Gasteiger partial charge in [0.15, 0.2) is 17.5 Å². The minimum atomic E-state index is -3.03. The van der Waals surface area contributed by atoms with Crippen molar-refractivity contribution in [3.63, 3.8) is 0 Å². The molecule has 1 amide bonds. The van der Waals surface area contributed by atoms with Crippen LogP contribution in [0.2, 0.25) is 0 Å². The van der Waals surface area contributed by atoms with Crippen molar-refractivity contribution in [3.05, 3.63) is 71.7 Å². The topological polar surface area (TPSA) is 78.4 Å². The van der Waals surface area contributed by atoms with Crippen LogP contribution < -0.4 is 14.8 Å². The molecule has 8 heteroatoms. The number of amides is 1. The number of pyridine rings is 1. The fourth-order valence-electron chi connectivity index (χ4n) is 2.91. The second kappa shape index (κ2) is 6.56. The maximum Gasteiger partial charge on any atom is 0.387 e. The third kappa shape index (κ3) is 3.12. The molecule has 2 heterocycles. The molecule has 1 N–H and O–H groups in total. The monoisotopic (exact) mass is 370 g/mol. The molecule has 0 aliphatic rings. The third-order valence-corrected chi connectivity index (χ3v) is 3.98. The highest BCUT2D eigenvalue weighted by molar-refractivity contribution is 6.20. The summed E-state index contributed by atoms with van der Waals surface area (Å²) in [4.78, 5) is 12.8. The van der Waals surface area contributed by atoms with Crippen LogP contribution in [0.1, 0.15) is 10.4 Å². The number of alkyl halides is 2. The summed E-state index contributed by atoms with van der Waals surface area (Å²) in [5, 5.41) is 14.9. The van der Waals surface area contributed by atoms with E-state index in [1.807, 2.05) is 0 Å². The number of anilines is 1. The quantitative estimate of drug-likeness (QED) is 0.434. The van der Waals surface area contributed by atoms with E-state index in [1.54, 1.807) is 30.3 Å². The Balaban J connectivity index is 1.86. The lowest BCUT2D eigenvalue weighted by Crippen LogP contribution is -2.25. The standard InChI is InChI=1S/C19H12F2N2O4/c20-19(21)27-15-8-7-13(18(24)22-11-4-3-9-23(25)10-11)16-12-5-1-2-6-14(12)26-17(15)16/h1-10,19H,(H,22,24). The Morgan fingerprint density at radius 2 is 1.96 bits per heavy atom. The van der Waals surface area contributed by atoms with Gasteiger partial charge in [-0.2, -0.15) is 13.5 Å². The van der Waals surface area contributed by atoms with Gasteiger partial charge in [-0.05, 0) is 24.3 Å². The Labute approximate surface area is 151 Å². The van der Waals surface area contributed by atoms with Crippen LogP contribution in [0.4, 0.5) is 14.5 Å². The molecule has 2 aromatic heterocycles. The van der Waals surface area contributed by atoms with E-state index >= 15 is 0 Å². The summed E-state index contributed by atoms with van der Waals surface area (Å²) in [5.74, 6) is -0.675. The number of furan rings is 1. The van der Waals surface area contributed by atoms with Gasteiger partial charge >= 0.3 is 6.61 Å². The predicted molar refractivity (Wildman–Crippen MR) is 93.7 cm³/mol. The molecule has 2 aromatic carbocycles. The minimum Gasteiger partial charge on any atom is -0.619 e. The number of ether oxygens (including phenoxy) is 1. The lowest BCUT2D eigenvalue weighted by Gasteiger charge is -2.09. The van der Waals surface area contributed by atoms with Gasteiger partial charge in [0.25, 0.3) is 5.91 Å². The molecule has 0 fully saturated rings. The summed E-state index contributed by atoms with van der Waals surface area (Å²) in [6.07, 6.45) is 2.49. The Bertz CT molecular complexity index is 1160. The SMILES string of the molecule is O=C(Nc1ccc[n+]([O-])c1)c1ccc(OC(F)F)c2oc3ccccc3c12. The average molecular weight is 370 g/mol. The van der Waals surface area contributed by atoms with Gasteiger partial charge in [0.1, 0.15) is 11.3 Å². The molecule has 0 saturated heterocycles. The molecule has 0 unspecified atom stereocenters. The number of benzene rings is 2. The summed E-state index contributed by atoms with van der Waals surface area (Å²) in [7, 11) is 0. The van der Waals surface area contributed by atoms with Crippen LogP contribution in [0.3, 0.4) is 0 Å². The van der Waals surface area contributed by atoms with Gasteiger partial charge in [0.05, 0.1) is 5.56 Å². The number of nitrogens with zero attached hydrogens (tertiary/aromatic N) is 1. The molecule has 136 valence electrons. The number of hydrogen-bond donors (Lipinski definition) is 1. The van der Waals surface area contributed by atoms with E-state index in [4.69, 9.17) is 4.42 Å². The minimum absolute atomic E-state index is 0.0519. The average Bonchev–Trinajstić information content (AvgIpc) is 3.02. The molecule has 0 aliphatic carbocycles. The molecule has 0 saturated carbocycles. The predicted octanol–water partition coefficient (Wildman–Crippen LogP) is 4.07. The van der Waals surface area contributed by atoms with Gasteiger partial charge in [0.2, 0.25) is 6.20 Å². The van der Waals surface area contributed by atoms with Gasteiger partial charge in [-0.1, -0.05) is 18.2 Å². The van der Waals surface area contributed by atoms with Gasteiger partial charge in [-0.3, -0.25) is 4.79 Å². The molecule has 0 atom stereocenters. The molecule has 27 heavy (non-hydrogen) atoms. The summed E-state index contributed by atoms with van der Waals surface area (Å²) in [6.45, 7) is -3.03. The number of fused-ring (bicyclic) bond motifs is 3. The van der Waals surface area contributed by atoms with Crippen molar-refractivity contribution in [1.29, 1.82) is 0 Å². The number of hydrogen-bond acceptors (Lipinski definition) is 4. The van der Waals surface area contributed by atoms with E-state index in [-0.39, 0.29) is 16.9 Å². The number of rotatable bonds is 4. The molecule has 0 aliphatic heterocycles. The normalized spacial score (nSPS) is 11.2. The first-order chi connectivity index (χ1) is 13.0. The van der Waals surface area contributed by atoms with Crippen LogP contribution in [0.25, 0.3) is 21.9 Å². The summed E-state index contributed by atoms with van der Waals surface area (Å²) >= 11 is 0. The van der Waals surface area contributed by atoms with Gasteiger partial charge < -0.3 is 19.7 Å². The Kier molecular flexibility index (Phi) is 4.08. The number of aromatic nitrogens is 1. The lowest BCUT2D eigenvalue weighted by molar-refractivity contribution is -0.604. The summed E-state index contributed by atoms with van der Waals surface area (Å²) < 4.78 is 36.2. The molecule has 0 spiro atoms. The molecule has 4 aromatic rings. The van der Waals surface area contributed by atoms with Crippen LogP contribution in [0, 0.1) is 5.21 Å². The first kappa shape index (κ1) is 16.8. The highest BCUT2D eigenvalue weighted by atomic mass is 19.3. The summed E-state index contributed by atoms with van der Waals surface area (Å²) in [6, 6.07) is 12.6. The van der Waals surface area contributed by atoms with E-state index in [2.05, 4.69) is 10.1 Å². The van der Waals surface area contributed by atoms with E-state index in [0.29, 0.717) is 26.8 Å². The Morgan fingerprint density at radius 1 is 1.15 bits per heavy atom. The number of halogens is 2. The highest BCUT2D eigenvalue weighted by Gasteiger charge is 2.21. The smallest absolute Gasteiger partial charge is 0.387 e. The van der Waals surface area contributed by atoms with Crippen LogP contribution in [-0.4, -0.2) is 12.5 Å². The van der Waals surface area contributed by atoms with Crippen molar-refractivity contribution < 1.29 is 27.5 Å². The van der Waals surface area contributed by atoms with Crippen molar-refractivity contribution in [2.24, 2.45) is 0 Å². The second-order valence-electron chi connectivity index (χ2n) is 5.70. The van der Waals surface area contributed by atoms with Gasteiger partial charge in [-0.15, -0.1) is 0 Å². The lowest BCUT2D eigenvalue weighted by atomic mass is 10.0. The molecular formula is C19H12F2N2O4. The van der Waals surface area contributed by atoms with Crippen molar-refractivity contribution in [2.45, 2.75) is 6.61 Å². The van der Waals surface area contributed by atoms with E-state index in [0.717, 1.165) is 0 Å². The molecule has 4 rings (SSSR count). The maximum atomic E-state index is 12.8. The number of para-hydroxylation sites is 1. The van der Waals surface area contributed by atoms with Crippen LogP contribution in [0.5, 0.6) is 5.75 Å². The summed E-state index contributed by atoms with van der Waals surface area (Å²) in [5.41, 5.74) is 0.990. The fraction of sp³-hybridized carbons (Fsp3) is 0.0526. The first-order valence-corrected chi connectivity index (χ1v) is 7.92. The molecule has 6 nitrogen and oxygen atoms in total. The Morgan fingerprint density at radius 3 is 2.74 bits per heavy atom. The Hall–Kier alpha value is -3.68. The van der Waals surface area contributed by atoms with Crippen LogP contribution in [-0.2, 0) is 0 Å². The zero-order valence-corrected chi connectivity index (χ0v) is 13.7. The maximum absolute atomic E-state index is 12.8. The van der Waals surface area contributed by atoms with Crippen molar-refractivity contribution in [2.75, 3.05) is 5.32 Å². The zero-order chi connectivity index (χ0) is 19.0. The molecule has 0 radical (unpaired) electrons. The third-order valence-electron chi connectivity index (χ3n) is 3.98. The number of carbonyl (C=O) groups excluding carboxylic acids is 1. The fourth-order valence-corrected chi connectivity index (χ4v) is 2.91. The first-order valence-electron chi connectivity index (χ1n) is 7.92. The van der Waals surface area contributed by atoms with Crippen molar-refractivity contribution in [1.82, 2.24) is 0 Å². The largest absolute Gasteiger partial charge is 0.619 e. The van der Waals surface area contributed by atoms with Gasteiger partial charge in [0, 0.05) is 16.8 Å². The number of nitrogens with one attached hydrogen (secondary N) is 1. The zero-order valence-electron chi connectivity index (χ0n) is 13.7. The molecular weight excluding hydrogens is 358 g/mol. The van der Waals surface area contributed by atoms with E-state index in [9.17, 15) is 18.8 Å². The number of carbonyl (C=O) groups is 1. The molecule has 0 bridgehead atoms. The van der Waals surface area contributed by atoms with E-state index < -0.39 is 12.5 Å². The van der Waals surface area contributed by atoms with E-state index in [1.165, 1.54) is 30.6 Å². The van der Waals surface area contributed by atoms with Crippen molar-refractivity contribution >= 4 is 33.5 Å². The van der Waals surface area contributed by atoms with Crippen LogP contribution >= 0.6 is 0 Å². The van der Waals surface area contributed by atoms with Gasteiger partial charge in [-0.25, -0.2) is 0 Å². The second-order valence-corrected chi connectivity index (χ2v) is 5.70. The highest BCUT2D eigenvalue weighted by Crippen LogP contribution is 2.37. The van der Waals surface area contributed by atoms with Crippen molar-refractivity contribution in [3.8, 4) is 5.75 Å².